The summed E-state index contributed by atoms with van der Waals surface area (Å²) in [7, 11) is 0. The first-order valence-electron chi connectivity index (χ1n) is 10.00. The maximum absolute atomic E-state index is 12.6. The molecule has 0 saturated carbocycles. The van der Waals surface area contributed by atoms with Crippen LogP contribution in [0.5, 0.6) is 0 Å². The highest BCUT2D eigenvalue weighted by Gasteiger charge is 2.49. The molecule has 8 atom stereocenters. The third kappa shape index (κ3) is 6.09. The molecule has 0 spiro atoms. The molecule has 0 radical (unpaired) electrons. The van der Waals surface area contributed by atoms with Gasteiger partial charge in [0.1, 0.15) is 24.4 Å². The number of hydrogen-bond acceptors (Lipinski definition) is 9. The summed E-state index contributed by atoms with van der Waals surface area (Å²) in [6.45, 7) is 2.47. The van der Waals surface area contributed by atoms with E-state index in [1.165, 1.54) is 19.1 Å². The standard InChI is InChI=1S/C19H26N6O7/c1-3-12(22-24-20)16(10(2)27)32-19-14(23-25-21)17(15(28)13(9-26)30-19)31-18(29)11-7-5-4-6-8-11/h4-8,10,12-17,19,26-28H,3,9H2,1-2H3/t10-,12?,13?,14?,15-,16+,17-,19-/m1/s1. The Balaban J connectivity index is 2.37. The second kappa shape index (κ2) is 12.2. The van der Waals surface area contributed by atoms with Gasteiger partial charge < -0.3 is 29.5 Å². The first kappa shape index (κ1) is 25.4. The first-order valence-corrected chi connectivity index (χ1v) is 10.00. The lowest BCUT2D eigenvalue weighted by Crippen LogP contribution is -2.61. The van der Waals surface area contributed by atoms with Gasteiger partial charge in [0, 0.05) is 9.82 Å². The predicted molar refractivity (Wildman–Crippen MR) is 110 cm³/mol. The second-order valence-electron chi connectivity index (χ2n) is 7.17. The third-order valence-corrected chi connectivity index (χ3v) is 5.02. The maximum Gasteiger partial charge on any atom is 0.338 e. The zero-order chi connectivity index (χ0) is 23.7. The lowest BCUT2D eigenvalue weighted by Gasteiger charge is -2.43. The average Bonchev–Trinajstić information content (AvgIpc) is 2.79. The Morgan fingerprint density at radius 1 is 1.28 bits per heavy atom. The van der Waals surface area contributed by atoms with Crippen molar-refractivity contribution in [3.63, 3.8) is 0 Å². The number of ether oxygens (including phenoxy) is 3. The van der Waals surface area contributed by atoms with Crippen LogP contribution < -0.4 is 0 Å². The SMILES string of the molecule is CCC(N=[N+]=[N-])[C@@H](O[C@H]1OC(CO)[C@@H](O)[C@H](OC(=O)c2ccccc2)C1N=[N+]=[N-])[C@@H](C)O. The van der Waals surface area contributed by atoms with Gasteiger partial charge in [0.25, 0.3) is 0 Å². The second-order valence-corrected chi connectivity index (χ2v) is 7.17. The van der Waals surface area contributed by atoms with Crippen molar-refractivity contribution in [1.29, 1.82) is 0 Å². The van der Waals surface area contributed by atoms with Crippen molar-refractivity contribution < 1.29 is 34.3 Å². The van der Waals surface area contributed by atoms with Crippen LogP contribution >= 0.6 is 0 Å². The van der Waals surface area contributed by atoms with Gasteiger partial charge in [-0.2, -0.15) is 0 Å². The minimum Gasteiger partial charge on any atom is -0.455 e. The Kier molecular flexibility index (Phi) is 9.69. The molecule has 13 heteroatoms. The summed E-state index contributed by atoms with van der Waals surface area (Å²) >= 11 is 0. The monoisotopic (exact) mass is 450 g/mol. The maximum atomic E-state index is 12.6. The zero-order valence-corrected chi connectivity index (χ0v) is 17.6. The van der Waals surface area contributed by atoms with E-state index < -0.39 is 61.5 Å². The summed E-state index contributed by atoms with van der Waals surface area (Å²) in [6.07, 6.45) is -7.51. The van der Waals surface area contributed by atoms with E-state index in [9.17, 15) is 20.1 Å². The van der Waals surface area contributed by atoms with Crippen LogP contribution in [-0.4, -0.2) is 76.8 Å². The molecule has 1 aliphatic rings. The van der Waals surface area contributed by atoms with Gasteiger partial charge in [-0.05, 0) is 36.5 Å². The van der Waals surface area contributed by atoms with Crippen LogP contribution in [0.15, 0.2) is 40.6 Å². The minimum absolute atomic E-state index is 0.195. The number of esters is 1. The van der Waals surface area contributed by atoms with E-state index in [1.54, 1.807) is 25.1 Å². The Labute approximate surface area is 183 Å². The van der Waals surface area contributed by atoms with Gasteiger partial charge in [-0.1, -0.05) is 35.4 Å². The van der Waals surface area contributed by atoms with Crippen LogP contribution in [0, 0.1) is 0 Å². The van der Waals surface area contributed by atoms with E-state index in [2.05, 4.69) is 20.1 Å². The van der Waals surface area contributed by atoms with Gasteiger partial charge in [0.2, 0.25) is 0 Å². The van der Waals surface area contributed by atoms with Gasteiger partial charge in [0.05, 0.1) is 30.4 Å². The van der Waals surface area contributed by atoms with Gasteiger partial charge in [-0.15, -0.1) is 0 Å². The molecule has 1 heterocycles. The number of hydrogen-bond donors (Lipinski definition) is 3. The number of aliphatic hydroxyl groups excluding tert-OH is 3. The molecule has 32 heavy (non-hydrogen) atoms. The molecule has 174 valence electrons. The normalized spacial score (nSPS) is 27.8. The molecular weight excluding hydrogens is 424 g/mol. The Morgan fingerprint density at radius 3 is 2.50 bits per heavy atom. The van der Waals surface area contributed by atoms with Crippen LogP contribution in [-0.2, 0) is 14.2 Å². The van der Waals surface area contributed by atoms with Crippen molar-refractivity contribution >= 4 is 5.97 Å². The summed E-state index contributed by atoms with van der Waals surface area (Å²) in [5.74, 6) is -0.794. The topological polar surface area (TPSA) is 203 Å². The minimum atomic E-state index is -1.54. The van der Waals surface area contributed by atoms with Crippen LogP contribution in [0.2, 0.25) is 0 Å². The highest BCUT2D eigenvalue weighted by Crippen LogP contribution is 2.30. The molecule has 1 aliphatic heterocycles. The van der Waals surface area contributed by atoms with Crippen molar-refractivity contribution in [2.45, 2.75) is 69.2 Å². The van der Waals surface area contributed by atoms with Gasteiger partial charge in [-0.3, -0.25) is 0 Å². The van der Waals surface area contributed by atoms with Crippen molar-refractivity contribution in [2.24, 2.45) is 10.2 Å². The number of azide groups is 2. The van der Waals surface area contributed by atoms with Crippen LogP contribution in [0.4, 0.5) is 0 Å². The molecule has 3 unspecified atom stereocenters. The van der Waals surface area contributed by atoms with Crippen LogP contribution in [0.1, 0.15) is 30.6 Å². The summed E-state index contributed by atoms with van der Waals surface area (Å²) in [6, 6.07) is 5.80. The first-order chi connectivity index (χ1) is 15.4. The summed E-state index contributed by atoms with van der Waals surface area (Å²) in [5.41, 5.74) is 18.1. The highest BCUT2D eigenvalue weighted by atomic mass is 16.7. The molecule has 1 fully saturated rings. The molecule has 0 amide bonds. The van der Waals surface area contributed by atoms with Crippen molar-refractivity contribution in [3.05, 3.63) is 56.8 Å². The van der Waals surface area contributed by atoms with Crippen molar-refractivity contribution in [3.8, 4) is 0 Å². The highest BCUT2D eigenvalue weighted by molar-refractivity contribution is 5.89. The molecule has 3 N–H and O–H groups in total. The molecule has 0 bridgehead atoms. The Hall–Kier alpha value is -2.89. The van der Waals surface area contributed by atoms with E-state index in [1.807, 2.05) is 0 Å². The molecule has 0 aromatic heterocycles. The molecule has 1 aromatic carbocycles. The fourth-order valence-corrected chi connectivity index (χ4v) is 3.38. The van der Waals surface area contributed by atoms with E-state index in [4.69, 9.17) is 25.3 Å². The van der Waals surface area contributed by atoms with E-state index in [-0.39, 0.29) is 5.56 Å². The van der Waals surface area contributed by atoms with Crippen LogP contribution in [0.25, 0.3) is 20.9 Å². The molecule has 1 aromatic rings. The zero-order valence-electron chi connectivity index (χ0n) is 17.6. The number of rotatable bonds is 10. The number of aliphatic hydroxyl groups is 3. The van der Waals surface area contributed by atoms with Gasteiger partial charge in [0.15, 0.2) is 6.29 Å². The number of nitrogens with zero attached hydrogens (tertiary/aromatic N) is 6. The quantitative estimate of drug-likeness (QED) is 0.208. The van der Waals surface area contributed by atoms with Crippen LogP contribution in [0.3, 0.4) is 0 Å². The number of carbonyl (C=O) groups is 1. The Morgan fingerprint density at radius 2 is 1.97 bits per heavy atom. The van der Waals surface area contributed by atoms with Crippen molar-refractivity contribution in [1.82, 2.24) is 0 Å². The summed E-state index contributed by atoms with van der Waals surface area (Å²) in [4.78, 5) is 18.1. The molecular formula is C19H26N6O7. The summed E-state index contributed by atoms with van der Waals surface area (Å²) < 4.78 is 16.8. The van der Waals surface area contributed by atoms with Crippen molar-refractivity contribution in [2.75, 3.05) is 6.61 Å². The van der Waals surface area contributed by atoms with E-state index in [0.717, 1.165) is 0 Å². The lowest BCUT2D eigenvalue weighted by atomic mass is 9.96. The third-order valence-electron chi connectivity index (χ3n) is 5.02. The van der Waals surface area contributed by atoms with Gasteiger partial charge in [-0.25, -0.2) is 4.79 Å². The van der Waals surface area contributed by atoms with E-state index >= 15 is 0 Å². The molecule has 1 saturated heterocycles. The fourth-order valence-electron chi connectivity index (χ4n) is 3.38. The van der Waals surface area contributed by atoms with Gasteiger partial charge >= 0.3 is 5.97 Å². The molecule has 0 aliphatic carbocycles. The molecule has 13 nitrogen and oxygen atoms in total. The lowest BCUT2D eigenvalue weighted by molar-refractivity contribution is -0.285. The van der Waals surface area contributed by atoms with E-state index in [0.29, 0.717) is 6.42 Å². The largest absolute Gasteiger partial charge is 0.455 e. The smallest absolute Gasteiger partial charge is 0.338 e. The summed E-state index contributed by atoms with van der Waals surface area (Å²) in [5, 5.41) is 37.6. The molecule has 2 rings (SSSR count). The fraction of sp³-hybridized carbons (Fsp3) is 0.632. The average molecular weight is 450 g/mol. The predicted octanol–water partition coefficient (Wildman–Crippen LogP) is 1.82. The number of carbonyl (C=O) groups excluding carboxylic acids is 1. The number of benzene rings is 1. The Bertz CT molecular complexity index is 844.